The van der Waals surface area contributed by atoms with E-state index in [9.17, 15) is 4.79 Å². The molecule has 172 valence electrons. The second kappa shape index (κ2) is 14.4. The summed E-state index contributed by atoms with van der Waals surface area (Å²) in [4.78, 5) is 15.2. The second-order valence-electron chi connectivity index (χ2n) is 6.90. The highest BCUT2D eigenvalue weighted by Crippen LogP contribution is 2.30. The normalized spacial score (nSPS) is 11.9. The molecule has 2 N–H and O–H groups in total. The molecule has 2 heterocycles. The summed E-state index contributed by atoms with van der Waals surface area (Å²) in [6.07, 6.45) is 9.71. The van der Waals surface area contributed by atoms with Gasteiger partial charge in [0.2, 0.25) is 5.91 Å². The number of carbonyl (C=O) groups is 1. The molecular formula is C28H34N4O. The number of nitrogens with zero attached hydrogens (tertiary/aromatic N) is 2. The molecular weight excluding hydrogens is 408 g/mol. The molecule has 1 aliphatic carbocycles. The van der Waals surface area contributed by atoms with Crippen molar-refractivity contribution in [3.05, 3.63) is 90.4 Å². The number of H-pyrrole nitrogens is 1. The van der Waals surface area contributed by atoms with E-state index in [-0.39, 0.29) is 11.8 Å². The molecule has 0 saturated heterocycles. The molecule has 4 aromatic rings. The van der Waals surface area contributed by atoms with E-state index in [1.807, 2.05) is 101 Å². The van der Waals surface area contributed by atoms with Crippen LogP contribution in [0.25, 0.3) is 23.1 Å². The molecule has 0 aliphatic heterocycles. The third-order valence-corrected chi connectivity index (χ3v) is 4.63. The maximum Gasteiger partial charge on any atom is 0.227 e. The van der Waals surface area contributed by atoms with Crippen LogP contribution < -0.4 is 5.32 Å². The maximum atomic E-state index is 11.3. The van der Waals surface area contributed by atoms with Crippen molar-refractivity contribution < 1.29 is 4.79 Å². The standard InChI is InChI=1S/C14H11N3.C10H11NO.2C2H6/c1-2-4-13-12(3-1)14(17-16-13)6-5-11-7-9-15-10-8-11;12-10(8-6-7-8)11-9-4-2-1-3-5-9;2*1-2/h1-10H,(H,16,17);1-5,8H,6-7H2,(H,11,12);2*1-2H3/b6-5+;;;. The van der Waals surface area contributed by atoms with Crippen LogP contribution in [-0.2, 0) is 4.79 Å². The van der Waals surface area contributed by atoms with E-state index < -0.39 is 0 Å². The van der Waals surface area contributed by atoms with Gasteiger partial charge in [-0.25, -0.2) is 0 Å². The summed E-state index contributed by atoms with van der Waals surface area (Å²) in [7, 11) is 0. The molecule has 33 heavy (non-hydrogen) atoms. The van der Waals surface area contributed by atoms with Crippen molar-refractivity contribution in [1.29, 1.82) is 0 Å². The number of para-hydroxylation sites is 2. The van der Waals surface area contributed by atoms with Gasteiger partial charge in [-0.15, -0.1) is 0 Å². The average Bonchev–Trinajstić information content (AvgIpc) is 3.67. The number of pyridine rings is 1. The van der Waals surface area contributed by atoms with Crippen molar-refractivity contribution in [2.45, 2.75) is 40.5 Å². The predicted octanol–water partition coefficient (Wildman–Crippen LogP) is 7.22. The monoisotopic (exact) mass is 442 g/mol. The number of benzene rings is 2. The van der Waals surface area contributed by atoms with Gasteiger partial charge in [0.15, 0.2) is 0 Å². The van der Waals surface area contributed by atoms with E-state index in [1.54, 1.807) is 12.4 Å². The molecule has 1 saturated carbocycles. The Hall–Kier alpha value is -3.73. The fourth-order valence-corrected chi connectivity index (χ4v) is 2.87. The van der Waals surface area contributed by atoms with Gasteiger partial charge in [-0.05, 0) is 54.8 Å². The third-order valence-electron chi connectivity index (χ3n) is 4.63. The lowest BCUT2D eigenvalue weighted by atomic mass is 10.2. The van der Waals surface area contributed by atoms with Gasteiger partial charge >= 0.3 is 0 Å². The minimum atomic E-state index is 0.168. The molecule has 0 spiro atoms. The molecule has 1 amide bonds. The van der Waals surface area contributed by atoms with E-state index in [0.717, 1.165) is 40.7 Å². The first-order valence-electron chi connectivity index (χ1n) is 11.7. The van der Waals surface area contributed by atoms with Crippen molar-refractivity contribution in [2.75, 3.05) is 5.32 Å². The summed E-state index contributed by atoms with van der Waals surface area (Å²) in [5.41, 5.74) is 4.03. The molecule has 0 bridgehead atoms. The van der Waals surface area contributed by atoms with Crippen LogP contribution in [0.5, 0.6) is 0 Å². The summed E-state index contributed by atoms with van der Waals surface area (Å²) in [5, 5.41) is 11.3. The first-order chi connectivity index (χ1) is 16.3. The van der Waals surface area contributed by atoms with E-state index in [0.29, 0.717) is 0 Å². The Morgan fingerprint density at radius 1 is 0.879 bits per heavy atom. The molecule has 5 nitrogen and oxygen atoms in total. The summed E-state index contributed by atoms with van der Waals surface area (Å²) in [6.45, 7) is 8.00. The number of rotatable bonds is 4. The van der Waals surface area contributed by atoms with Gasteiger partial charge < -0.3 is 5.32 Å². The van der Waals surface area contributed by atoms with Gasteiger partial charge in [-0.2, -0.15) is 5.10 Å². The molecule has 0 atom stereocenters. The zero-order chi connectivity index (χ0) is 23.9. The summed E-state index contributed by atoms with van der Waals surface area (Å²) >= 11 is 0. The molecule has 5 rings (SSSR count). The first-order valence-corrected chi connectivity index (χ1v) is 11.7. The van der Waals surface area contributed by atoms with Gasteiger partial charge in [0.1, 0.15) is 0 Å². The van der Waals surface area contributed by atoms with E-state index >= 15 is 0 Å². The topological polar surface area (TPSA) is 70.7 Å². The van der Waals surface area contributed by atoms with Gasteiger partial charge in [-0.3, -0.25) is 14.9 Å². The number of fused-ring (bicyclic) bond motifs is 1. The van der Waals surface area contributed by atoms with Crippen LogP contribution >= 0.6 is 0 Å². The summed E-state index contributed by atoms with van der Waals surface area (Å²) in [6, 6.07) is 21.6. The molecule has 5 heteroatoms. The van der Waals surface area contributed by atoms with Crippen molar-refractivity contribution in [3.63, 3.8) is 0 Å². The Morgan fingerprint density at radius 2 is 1.52 bits per heavy atom. The lowest BCUT2D eigenvalue weighted by molar-refractivity contribution is -0.117. The fourth-order valence-electron chi connectivity index (χ4n) is 2.87. The smallest absolute Gasteiger partial charge is 0.227 e. The van der Waals surface area contributed by atoms with Crippen molar-refractivity contribution >= 4 is 34.6 Å². The summed E-state index contributed by atoms with van der Waals surface area (Å²) < 4.78 is 0. The largest absolute Gasteiger partial charge is 0.326 e. The van der Waals surface area contributed by atoms with Crippen LogP contribution in [0.4, 0.5) is 5.69 Å². The Balaban J connectivity index is 0.000000212. The molecule has 1 fully saturated rings. The number of hydrogen-bond donors (Lipinski definition) is 2. The van der Waals surface area contributed by atoms with Gasteiger partial charge in [0.05, 0.1) is 11.2 Å². The van der Waals surface area contributed by atoms with Crippen LogP contribution in [0.2, 0.25) is 0 Å². The maximum absolute atomic E-state index is 11.3. The molecule has 0 radical (unpaired) electrons. The fraction of sp³-hybridized carbons (Fsp3) is 0.250. The van der Waals surface area contributed by atoms with Crippen LogP contribution in [-0.4, -0.2) is 21.1 Å². The van der Waals surface area contributed by atoms with Crippen LogP contribution in [0.15, 0.2) is 79.1 Å². The number of anilines is 1. The Morgan fingerprint density at radius 3 is 2.18 bits per heavy atom. The van der Waals surface area contributed by atoms with Crippen molar-refractivity contribution in [1.82, 2.24) is 15.2 Å². The van der Waals surface area contributed by atoms with E-state index in [2.05, 4.69) is 26.6 Å². The molecule has 2 aromatic heterocycles. The van der Waals surface area contributed by atoms with Crippen LogP contribution in [0.1, 0.15) is 51.8 Å². The van der Waals surface area contributed by atoms with E-state index in [1.165, 1.54) is 0 Å². The zero-order valence-corrected chi connectivity index (χ0v) is 20.0. The second-order valence-corrected chi connectivity index (χ2v) is 6.90. The quantitative estimate of drug-likeness (QED) is 0.350. The lowest BCUT2D eigenvalue weighted by Gasteiger charge is -2.01. The van der Waals surface area contributed by atoms with Gasteiger partial charge in [0, 0.05) is 29.4 Å². The molecule has 2 aromatic carbocycles. The first kappa shape index (κ1) is 25.5. The minimum Gasteiger partial charge on any atom is -0.326 e. The third kappa shape index (κ3) is 8.37. The number of nitrogens with one attached hydrogen (secondary N) is 2. The van der Waals surface area contributed by atoms with Crippen molar-refractivity contribution in [2.24, 2.45) is 5.92 Å². The number of hydrogen-bond acceptors (Lipinski definition) is 3. The van der Waals surface area contributed by atoms with Gasteiger partial charge in [-0.1, -0.05) is 70.2 Å². The number of amides is 1. The number of carbonyl (C=O) groups excluding carboxylic acids is 1. The highest BCUT2D eigenvalue weighted by molar-refractivity contribution is 5.94. The molecule has 0 unspecified atom stereocenters. The van der Waals surface area contributed by atoms with Crippen molar-refractivity contribution in [3.8, 4) is 0 Å². The lowest BCUT2D eigenvalue weighted by Crippen LogP contribution is -2.12. The Kier molecular flexibility index (Phi) is 11.1. The average molecular weight is 443 g/mol. The Labute approximate surface area is 197 Å². The highest BCUT2D eigenvalue weighted by Gasteiger charge is 2.29. The van der Waals surface area contributed by atoms with Crippen LogP contribution in [0, 0.1) is 5.92 Å². The van der Waals surface area contributed by atoms with Gasteiger partial charge in [0.25, 0.3) is 0 Å². The zero-order valence-electron chi connectivity index (χ0n) is 20.0. The molecule has 1 aliphatic rings. The highest BCUT2D eigenvalue weighted by atomic mass is 16.2. The Bertz CT molecular complexity index is 1100. The minimum absolute atomic E-state index is 0.168. The van der Waals surface area contributed by atoms with E-state index in [4.69, 9.17) is 0 Å². The summed E-state index contributed by atoms with van der Waals surface area (Å²) in [5.74, 6) is 0.450. The van der Waals surface area contributed by atoms with Crippen LogP contribution in [0.3, 0.4) is 0 Å². The predicted molar refractivity (Wildman–Crippen MR) is 140 cm³/mol. The number of aromatic amines is 1. The number of aromatic nitrogens is 3. The SMILES string of the molecule is C(=C\c1n[nH]c2ccccc12)/c1ccncc1.CC.CC.O=C(Nc1ccccc1)C1CC1.